The van der Waals surface area contributed by atoms with Gasteiger partial charge in [0.1, 0.15) is 18.0 Å². The molecular formula is C17H33N7O3. The second-order valence-electron chi connectivity index (χ2n) is 7.02. The average Bonchev–Trinajstić information content (AvgIpc) is 2.89. The van der Waals surface area contributed by atoms with E-state index in [9.17, 15) is 4.79 Å². The predicted octanol–water partition coefficient (Wildman–Crippen LogP) is 0.720. The van der Waals surface area contributed by atoms with Gasteiger partial charge in [0.2, 0.25) is 0 Å². The summed E-state index contributed by atoms with van der Waals surface area (Å²) in [6.07, 6.45) is 0.418. The molecule has 1 aromatic rings. The summed E-state index contributed by atoms with van der Waals surface area (Å²) in [6.45, 7) is 10.1. The molecule has 0 saturated carbocycles. The summed E-state index contributed by atoms with van der Waals surface area (Å²) in [5.41, 5.74) is -0.513. The van der Waals surface area contributed by atoms with E-state index in [2.05, 4.69) is 31.1 Å². The smallest absolute Gasteiger partial charge is 0.407 e. The molecule has 0 aliphatic carbocycles. The highest BCUT2D eigenvalue weighted by Crippen LogP contribution is 2.06. The highest BCUT2D eigenvalue weighted by atomic mass is 16.6. The second-order valence-corrected chi connectivity index (χ2v) is 7.02. The molecule has 10 nitrogen and oxygen atoms in total. The van der Waals surface area contributed by atoms with Crippen molar-refractivity contribution in [2.24, 2.45) is 12.0 Å². The van der Waals surface area contributed by atoms with Gasteiger partial charge >= 0.3 is 6.09 Å². The van der Waals surface area contributed by atoms with Gasteiger partial charge in [-0.3, -0.25) is 0 Å². The molecule has 27 heavy (non-hydrogen) atoms. The normalized spacial score (nSPS) is 12.0. The Labute approximate surface area is 161 Å². The zero-order valence-corrected chi connectivity index (χ0v) is 17.3. The van der Waals surface area contributed by atoms with Crippen molar-refractivity contribution in [3.05, 3.63) is 11.6 Å². The lowest BCUT2D eigenvalue weighted by atomic mass is 10.2. The van der Waals surface area contributed by atoms with Gasteiger partial charge in [-0.25, -0.2) is 9.79 Å². The summed E-state index contributed by atoms with van der Waals surface area (Å²) in [5.74, 6) is 2.25. The number of hydrogen-bond donors (Lipinski definition) is 3. The van der Waals surface area contributed by atoms with Crippen molar-refractivity contribution in [2.45, 2.75) is 46.3 Å². The molecule has 1 heterocycles. The molecule has 1 aromatic heterocycles. The first-order valence-corrected chi connectivity index (χ1v) is 9.05. The Bertz CT molecular complexity index is 608. The molecule has 10 heteroatoms. The van der Waals surface area contributed by atoms with Crippen LogP contribution in [0.3, 0.4) is 0 Å². The Morgan fingerprint density at radius 1 is 1.15 bits per heavy atom. The zero-order valence-electron chi connectivity index (χ0n) is 17.3. The first-order valence-electron chi connectivity index (χ1n) is 9.05. The molecule has 0 unspecified atom stereocenters. The maximum absolute atomic E-state index is 11.7. The first kappa shape index (κ1) is 22.7. The van der Waals surface area contributed by atoms with Crippen molar-refractivity contribution in [3.63, 3.8) is 0 Å². The molecule has 0 bridgehead atoms. The van der Waals surface area contributed by atoms with E-state index in [0.29, 0.717) is 32.2 Å². The van der Waals surface area contributed by atoms with E-state index in [1.807, 2.05) is 39.3 Å². The summed E-state index contributed by atoms with van der Waals surface area (Å²) in [4.78, 5) is 16.2. The van der Waals surface area contributed by atoms with Gasteiger partial charge in [-0.1, -0.05) is 0 Å². The number of methoxy groups -OCH3 is 1. The molecule has 0 saturated heterocycles. The van der Waals surface area contributed by atoms with E-state index < -0.39 is 11.7 Å². The number of guanidine groups is 1. The largest absolute Gasteiger partial charge is 0.444 e. The monoisotopic (exact) mass is 383 g/mol. The molecule has 1 amide bonds. The highest BCUT2D eigenvalue weighted by Gasteiger charge is 2.15. The third-order valence-corrected chi connectivity index (χ3v) is 3.46. The molecule has 0 fully saturated rings. The van der Waals surface area contributed by atoms with E-state index in [1.54, 1.807) is 7.11 Å². The molecule has 3 N–H and O–H groups in total. The van der Waals surface area contributed by atoms with Crippen molar-refractivity contribution >= 4 is 12.1 Å². The van der Waals surface area contributed by atoms with Crippen LogP contribution in [0.15, 0.2) is 4.99 Å². The number of amides is 1. The molecule has 0 aromatic carbocycles. The number of nitrogens with zero attached hydrogens (tertiary/aromatic N) is 4. The average molecular weight is 383 g/mol. The Kier molecular flexibility index (Phi) is 9.55. The standard InChI is InChI=1S/C17H33N7O3/c1-13-22-23-14(24(13)5)12-21-15(18-8-7-11-26-6)19-9-10-20-16(25)27-17(2,3)4/h7-12H2,1-6H3,(H,20,25)(H2,18,19,21). The molecule has 1 rings (SSSR count). The van der Waals surface area contributed by atoms with Crippen molar-refractivity contribution in [1.29, 1.82) is 0 Å². The molecular weight excluding hydrogens is 350 g/mol. The predicted molar refractivity (Wildman–Crippen MR) is 104 cm³/mol. The van der Waals surface area contributed by atoms with Crippen LogP contribution in [0.5, 0.6) is 0 Å². The van der Waals surface area contributed by atoms with Crippen LogP contribution in [0.2, 0.25) is 0 Å². The minimum absolute atomic E-state index is 0.399. The van der Waals surface area contributed by atoms with E-state index in [-0.39, 0.29) is 0 Å². The summed E-state index contributed by atoms with van der Waals surface area (Å²) >= 11 is 0. The Morgan fingerprint density at radius 2 is 1.81 bits per heavy atom. The van der Waals surface area contributed by atoms with E-state index in [4.69, 9.17) is 9.47 Å². The van der Waals surface area contributed by atoms with Crippen LogP contribution in [0, 0.1) is 6.92 Å². The van der Waals surface area contributed by atoms with Gasteiger partial charge in [0.25, 0.3) is 0 Å². The summed E-state index contributed by atoms with van der Waals surface area (Å²) in [5, 5.41) is 17.3. The minimum Gasteiger partial charge on any atom is -0.444 e. The summed E-state index contributed by atoms with van der Waals surface area (Å²) in [7, 11) is 3.58. The van der Waals surface area contributed by atoms with E-state index in [0.717, 1.165) is 24.6 Å². The number of carbonyl (C=O) groups excluding carboxylic acids is 1. The minimum atomic E-state index is -0.513. The molecule has 0 spiro atoms. The Morgan fingerprint density at radius 3 is 2.41 bits per heavy atom. The number of aryl methyl sites for hydroxylation is 1. The van der Waals surface area contributed by atoms with Gasteiger partial charge in [-0.05, 0) is 34.1 Å². The maximum Gasteiger partial charge on any atom is 0.407 e. The molecule has 154 valence electrons. The summed E-state index contributed by atoms with van der Waals surface area (Å²) < 4.78 is 12.2. The fourth-order valence-electron chi connectivity index (χ4n) is 2.00. The lowest BCUT2D eigenvalue weighted by Crippen LogP contribution is -2.43. The van der Waals surface area contributed by atoms with Gasteiger partial charge in [0, 0.05) is 40.4 Å². The Balaban J connectivity index is 2.49. The van der Waals surface area contributed by atoms with Gasteiger partial charge in [-0.15, -0.1) is 10.2 Å². The van der Waals surface area contributed by atoms with Crippen molar-refractivity contribution in [3.8, 4) is 0 Å². The topological polar surface area (TPSA) is 115 Å². The first-order chi connectivity index (χ1) is 12.7. The number of aliphatic imine (C=N–C) groups is 1. The molecule has 0 aliphatic heterocycles. The third kappa shape index (κ3) is 9.78. The highest BCUT2D eigenvalue weighted by molar-refractivity contribution is 5.79. The molecule has 0 atom stereocenters. The molecule has 0 aliphatic rings. The fourth-order valence-corrected chi connectivity index (χ4v) is 2.00. The Hall–Kier alpha value is -2.36. The number of hydrogen-bond acceptors (Lipinski definition) is 6. The van der Waals surface area contributed by atoms with Crippen molar-refractivity contribution in [1.82, 2.24) is 30.7 Å². The lowest BCUT2D eigenvalue weighted by Gasteiger charge is -2.20. The number of aromatic nitrogens is 3. The van der Waals surface area contributed by atoms with Crippen LogP contribution in [-0.4, -0.2) is 65.8 Å². The van der Waals surface area contributed by atoms with Crippen LogP contribution >= 0.6 is 0 Å². The van der Waals surface area contributed by atoms with Crippen LogP contribution in [0.25, 0.3) is 0 Å². The number of carbonyl (C=O) groups is 1. The SMILES string of the molecule is COCCCNC(=NCc1nnc(C)n1C)NCCNC(=O)OC(C)(C)C. The number of alkyl carbamates (subject to hydrolysis) is 1. The quantitative estimate of drug-likeness (QED) is 0.327. The summed E-state index contributed by atoms with van der Waals surface area (Å²) in [6, 6.07) is 0. The van der Waals surface area contributed by atoms with Crippen LogP contribution in [-0.2, 0) is 23.1 Å². The van der Waals surface area contributed by atoms with Crippen LogP contribution in [0.1, 0.15) is 38.8 Å². The van der Waals surface area contributed by atoms with E-state index >= 15 is 0 Å². The van der Waals surface area contributed by atoms with Gasteiger partial charge < -0.3 is 30.0 Å². The third-order valence-electron chi connectivity index (χ3n) is 3.46. The fraction of sp³-hybridized carbons (Fsp3) is 0.765. The van der Waals surface area contributed by atoms with Gasteiger partial charge in [0.05, 0.1) is 0 Å². The van der Waals surface area contributed by atoms with E-state index in [1.165, 1.54) is 0 Å². The van der Waals surface area contributed by atoms with Gasteiger partial charge in [-0.2, -0.15) is 0 Å². The zero-order chi connectivity index (χ0) is 20.3. The van der Waals surface area contributed by atoms with Crippen molar-refractivity contribution in [2.75, 3.05) is 33.4 Å². The number of nitrogens with one attached hydrogen (secondary N) is 3. The lowest BCUT2D eigenvalue weighted by molar-refractivity contribution is 0.0529. The van der Waals surface area contributed by atoms with Gasteiger partial charge in [0.15, 0.2) is 11.8 Å². The molecule has 0 radical (unpaired) electrons. The van der Waals surface area contributed by atoms with Crippen LogP contribution in [0.4, 0.5) is 4.79 Å². The van der Waals surface area contributed by atoms with Crippen molar-refractivity contribution < 1.29 is 14.3 Å². The second kappa shape index (κ2) is 11.4. The number of ether oxygens (including phenoxy) is 2. The maximum atomic E-state index is 11.7. The van der Waals surface area contributed by atoms with Crippen LogP contribution < -0.4 is 16.0 Å². The number of rotatable bonds is 9.